The molecule has 1 aliphatic rings. The maximum absolute atomic E-state index is 10.7. The van der Waals surface area contributed by atoms with E-state index in [0.29, 0.717) is 12.0 Å². The van der Waals surface area contributed by atoms with Crippen molar-refractivity contribution < 1.29 is 9.53 Å². The summed E-state index contributed by atoms with van der Waals surface area (Å²) in [7, 11) is 1.78. The van der Waals surface area contributed by atoms with Gasteiger partial charge in [-0.1, -0.05) is 0 Å². The number of amides is 1. The summed E-state index contributed by atoms with van der Waals surface area (Å²) in [5.41, 5.74) is 0. The van der Waals surface area contributed by atoms with Crippen molar-refractivity contribution in [3.05, 3.63) is 0 Å². The minimum absolute atomic E-state index is 0.0777. The Morgan fingerprint density at radius 3 is 2.46 bits per heavy atom. The van der Waals surface area contributed by atoms with E-state index in [-0.39, 0.29) is 5.91 Å². The Bertz CT molecular complexity index is 162. The van der Waals surface area contributed by atoms with E-state index in [2.05, 4.69) is 5.32 Å². The first kappa shape index (κ1) is 10.5. The van der Waals surface area contributed by atoms with E-state index in [1.54, 1.807) is 14.0 Å². The fraction of sp³-hybridized carbons (Fsp3) is 0.900. The summed E-state index contributed by atoms with van der Waals surface area (Å²) >= 11 is 0. The van der Waals surface area contributed by atoms with Crippen molar-refractivity contribution in [2.24, 2.45) is 5.92 Å². The van der Waals surface area contributed by atoms with Gasteiger partial charge in [-0.25, -0.2) is 0 Å². The summed E-state index contributed by atoms with van der Waals surface area (Å²) in [5.74, 6) is 0.740. The van der Waals surface area contributed by atoms with Crippen molar-refractivity contribution in [2.45, 2.75) is 38.7 Å². The Kier molecular flexibility index (Phi) is 4.22. The molecule has 0 saturated heterocycles. The van der Waals surface area contributed by atoms with E-state index < -0.39 is 0 Å². The van der Waals surface area contributed by atoms with Gasteiger partial charge in [0, 0.05) is 20.6 Å². The minimum Gasteiger partial charge on any atom is -0.381 e. The maximum Gasteiger partial charge on any atom is 0.216 e. The molecule has 0 aromatic rings. The van der Waals surface area contributed by atoms with E-state index in [4.69, 9.17) is 4.74 Å². The third-order valence-corrected chi connectivity index (χ3v) is 2.77. The summed E-state index contributed by atoms with van der Waals surface area (Å²) in [6, 6.07) is 0. The molecule has 1 fully saturated rings. The van der Waals surface area contributed by atoms with Gasteiger partial charge in [0.15, 0.2) is 0 Å². The zero-order valence-electron chi connectivity index (χ0n) is 8.51. The van der Waals surface area contributed by atoms with E-state index in [9.17, 15) is 4.79 Å². The van der Waals surface area contributed by atoms with Crippen molar-refractivity contribution in [3.8, 4) is 0 Å². The average molecular weight is 185 g/mol. The Balaban J connectivity index is 2.14. The van der Waals surface area contributed by atoms with Crippen LogP contribution in [0.2, 0.25) is 0 Å². The smallest absolute Gasteiger partial charge is 0.216 e. The largest absolute Gasteiger partial charge is 0.381 e. The van der Waals surface area contributed by atoms with Crippen LogP contribution in [-0.2, 0) is 9.53 Å². The van der Waals surface area contributed by atoms with Gasteiger partial charge in [0.2, 0.25) is 5.91 Å². The summed E-state index contributed by atoms with van der Waals surface area (Å²) in [6.07, 6.45) is 5.09. The monoisotopic (exact) mass is 185 g/mol. The zero-order chi connectivity index (χ0) is 9.68. The van der Waals surface area contributed by atoms with Crippen LogP contribution >= 0.6 is 0 Å². The van der Waals surface area contributed by atoms with Crippen LogP contribution < -0.4 is 5.32 Å². The molecule has 1 aliphatic carbocycles. The number of rotatable bonds is 3. The zero-order valence-corrected chi connectivity index (χ0v) is 8.51. The van der Waals surface area contributed by atoms with Gasteiger partial charge in [0.25, 0.3) is 0 Å². The molecular formula is C10H19NO2. The van der Waals surface area contributed by atoms with Gasteiger partial charge in [-0.3, -0.25) is 4.79 Å². The summed E-state index contributed by atoms with van der Waals surface area (Å²) < 4.78 is 5.28. The molecule has 0 aliphatic heterocycles. The van der Waals surface area contributed by atoms with Gasteiger partial charge in [-0.2, -0.15) is 0 Å². The van der Waals surface area contributed by atoms with Crippen molar-refractivity contribution >= 4 is 5.91 Å². The number of methoxy groups -OCH3 is 1. The van der Waals surface area contributed by atoms with Crippen LogP contribution in [0.25, 0.3) is 0 Å². The van der Waals surface area contributed by atoms with Crippen LogP contribution in [0.1, 0.15) is 32.6 Å². The highest BCUT2D eigenvalue weighted by atomic mass is 16.5. The number of carbonyl (C=O) groups is 1. The molecular weight excluding hydrogens is 166 g/mol. The predicted molar refractivity (Wildman–Crippen MR) is 51.4 cm³/mol. The molecule has 0 aromatic heterocycles. The Morgan fingerprint density at radius 1 is 1.38 bits per heavy atom. The molecule has 76 valence electrons. The van der Waals surface area contributed by atoms with Crippen LogP contribution in [0.4, 0.5) is 0 Å². The number of hydrogen-bond donors (Lipinski definition) is 1. The summed E-state index contributed by atoms with van der Waals surface area (Å²) in [6.45, 7) is 2.41. The first-order chi connectivity index (χ1) is 6.22. The molecule has 1 N–H and O–H groups in total. The molecule has 1 amide bonds. The van der Waals surface area contributed by atoms with Crippen LogP contribution in [-0.4, -0.2) is 25.7 Å². The fourth-order valence-electron chi connectivity index (χ4n) is 1.86. The Morgan fingerprint density at radius 2 is 2.00 bits per heavy atom. The summed E-state index contributed by atoms with van der Waals surface area (Å²) in [5, 5.41) is 2.87. The second-order valence-electron chi connectivity index (χ2n) is 3.82. The molecule has 3 heteroatoms. The molecule has 1 rings (SSSR count). The number of carbonyl (C=O) groups excluding carboxylic acids is 1. The lowest BCUT2D eigenvalue weighted by Gasteiger charge is -2.27. The molecule has 0 aromatic carbocycles. The average Bonchev–Trinajstić information content (AvgIpc) is 2.15. The Hall–Kier alpha value is -0.570. The third kappa shape index (κ3) is 3.77. The molecule has 0 atom stereocenters. The maximum atomic E-state index is 10.7. The van der Waals surface area contributed by atoms with Gasteiger partial charge in [-0.15, -0.1) is 0 Å². The van der Waals surface area contributed by atoms with Crippen LogP contribution in [0.5, 0.6) is 0 Å². The molecule has 13 heavy (non-hydrogen) atoms. The minimum atomic E-state index is 0.0777. The molecule has 0 unspecified atom stereocenters. The molecule has 0 heterocycles. The first-order valence-corrected chi connectivity index (χ1v) is 4.99. The SMILES string of the molecule is COC1CCC(CNC(C)=O)CC1. The molecule has 0 bridgehead atoms. The van der Waals surface area contributed by atoms with E-state index in [1.807, 2.05) is 0 Å². The second-order valence-corrected chi connectivity index (χ2v) is 3.82. The highest BCUT2D eigenvalue weighted by molar-refractivity contribution is 5.72. The molecule has 1 saturated carbocycles. The molecule has 3 nitrogen and oxygen atoms in total. The second kappa shape index (κ2) is 5.22. The highest BCUT2D eigenvalue weighted by Gasteiger charge is 2.20. The van der Waals surface area contributed by atoms with E-state index >= 15 is 0 Å². The van der Waals surface area contributed by atoms with Gasteiger partial charge in [-0.05, 0) is 31.6 Å². The normalized spacial score (nSPS) is 28.5. The molecule has 0 radical (unpaired) electrons. The van der Waals surface area contributed by atoms with Gasteiger partial charge >= 0.3 is 0 Å². The third-order valence-electron chi connectivity index (χ3n) is 2.77. The van der Waals surface area contributed by atoms with Gasteiger partial charge in [0.05, 0.1) is 6.10 Å². The fourth-order valence-corrected chi connectivity index (χ4v) is 1.86. The number of hydrogen-bond acceptors (Lipinski definition) is 2. The predicted octanol–water partition coefficient (Wildman–Crippen LogP) is 1.33. The van der Waals surface area contributed by atoms with Crippen molar-refractivity contribution in [1.29, 1.82) is 0 Å². The highest BCUT2D eigenvalue weighted by Crippen LogP contribution is 2.25. The standard InChI is InChI=1S/C10H19NO2/c1-8(12)11-7-9-3-5-10(13-2)6-4-9/h9-10H,3-7H2,1-2H3,(H,11,12). The Labute approximate surface area is 79.8 Å². The van der Waals surface area contributed by atoms with Crippen LogP contribution in [0.3, 0.4) is 0 Å². The van der Waals surface area contributed by atoms with Gasteiger partial charge in [0.1, 0.15) is 0 Å². The summed E-state index contributed by atoms with van der Waals surface area (Å²) in [4.78, 5) is 10.7. The lowest BCUT2D eigenvalue weighted by Crippen LogP contribution is -2.31. The van der Waals surface area contributed by atoms with E-state index in [0.717, 1.165) is 19.4 Å². The van der Waals surface area contributed by atoms with E-state index in [1.165, 1.54) is 12.8 Å². The molecule has 0 spiro atoms. The van der Waals surface area contributed by atoms with Crippen LogP contribution in [0, 0.1) is 5.92 Å². The first-order valence-electron chi connectivity index (χ1n) is 4.99. The lowest BCUT2D eigenvalue weighted by atomic mass is 9.87. The van der Waals surface area contributed by atoms with Crippen molar-refractivity contribution in [2.75, 3.05) is 13.7 Å². The topological polar surface area (TPSA) is 38.3 Å². The van der Waals surface area contributed by atoms with Crippen molar-refractivity contribution in [3.63, 3.8) is 0 Å². The van der Waals surface area contributed by atoms with Crippen molar-refractivity contribution in [1.82, 2.24) is 5.32 Å². The number of nitrogens with one attached hydrogen (secondary N) is 1. The van der Waals surface area contributed by atoms with Gasteiger partial charge < -0.3 is 10.1 Å². The lowest BCUT2D eigenvalue weighted by molar-refractivity contribution is -0.119. The number of ether oxygens (including phenoxy) is 1. The van der Waals surface area contributed by atoms with Crippen LogP contribution in [0.15, 0.2) is 0 Å². The quantitative estimate of drug-likeness (QED) is 0.720.